The van der Waals surface area contributed by atoms with E-state index in [9.17, 15) is 0 Å². The highest BCUT2D eigenvalue weighted by molar-refractivity contribution is 5.47. The first-order chi connectivity index (χ1) is 11.3. The highest BCUT2D eigenvalue weighted by atomic mass is 16.5. The van der Waals surface area contributed by atoms with E-state index in [1.54, 1.807) is 0 Å². The average molecular weight is 314 g/mol. The molecule has 0 spiro atoms. The number of benzene rings is 1. The molecule has 1 aliphatic rings. The van der Waals surface area contributed by atoms with Crippen LogP contribution in [0.15, 0.2) is 24.3 Å². The third kappa shape index (κ3) is 3.39. The molecule has 124 valence electrons. The Balaban J connectivity index is 2.01. The molecular weight excluding hydrogens is 288 g/mol. The van der Waals surface area contributed by atoms with Crippen LogP contribution in [0.4, 0.5) is 0 Å². The van der Waals surface area contributed by atoms with Gasteiger partial charge in [0.15, 0.2) is 0 Å². The van der Waals surface area contributed by atoms with E-state index in [1.807, 2.05) is 28.9 Å². The van der Waals surface area contributed by atoms with Gasteiger partial charge in [-0.3, -0.25) is 0 Å². The minimum atomic E-state index is 0.434. The Labute approximate surface area is 137 Å². The normalized spacial score (nSPS) is 15.7. The lowest BCUT2D eigenvalue weighted by molar-refractivity contribution is 0.315. The molecular formula is C18H26N4O. The lowest BCUT2D eigenvalue weighted by Crippen LogP contribution is -2.14. The Morgan fingerprint density at radius 1 is 1.22 bits per heavy atom. The Morgan fingerprint density at radius 3 is 2.74 bits per heavy atom. The number of hydrogen-bond acceptors (Lipinski definition) is 4. The lowest BCUT2D eigenvalue weighted by Gasteiger charge is -2.23. The number of rotatable bonds is 6. The molecule has 0 saturated heterocycles. The van der Waals surface area contributed by atoms with Crippen LogP contribution < -0.4 is 10.5 Å². The van der Waals surface area contributed by atoms with Gasteiger partial charge >= 0.3 is 0 Å². The highest BCUT2D eigenvalue weighted by Crippen LogP contribution is 2.36. The molecule has 0 amide bonds. The standard InChI is InChI=1S/C18H26N4O/c1-2-12-23-17-11-7-6-10-16(17)22-18(15(13-19)20-21-22)14-8-4-3-5-9-14/h6-7,10-11,14H,2-5,8-9,12-13,19H2,1H3. The molecule has 1 heterocycles. The van der Waals surface area contributed by atoms with Gasteiger partial charge in [0.2, 0.25) is 0 Å². The molecule has 1 saturated carbocycles. The maximum absolute atomic E-state index is 5.92. The molecule has 1 aliphatic carbocycles. The fraction of sp³-hybridized carbons (Fsp3) is 0.556. The van der Waals surface area contributed by atoms with Gasteiger partial charge in [-0.2, -0.15) is 0 Å². The van der Waals surface area contributed by atoms with Gasteiger partial charge in [-0.25, -0.2) is 4.68 Å². The predicted octanol–water partition coefficient (Wildman–Crippen LogP) is 3.56. The van der Waals surface area contributed by atoms with Gasteiger partial charge in [0, 0.05) is 12.5 Å². The number of aromatic nitrogens is 3. The van der Waals surface area contributed by atoms with E-state index in [-0.39, 0.29) is 0 Å². The quantitative estimate of drug-likeness (QED) is 0.885. The van der Waals surface area contributed by atoms with Crippen LogP contribution in [0.5, 0.6) is 5.75 Å². The number of nitrogens with two attached hydrogens (primary N) is 1. The summed E-state index contributed by atoms with van der Waals surface area (Å²) in [5, 5.41) is 8.75. The molecule has 0 atom stereocenters. The van der Waals surface area contributed by atoms with Crippen molar-refractivity contribution < 1.29 is 4.74 Å². The Bertz CT molecular complexity index is 632. The second kappa shape index (κ2) is 7.59. The second-order valence-electron chi connectivity index (χ2n) is 6.19. The molecule has 2 aromatic rings. The Morgan fingerprint density at radius 2 is 2.00 bits per heavy atom. The van der Waals surface area contributed by atoms with E-state index in [2.05, 4.69) is 17.2 Å². The predicted molar refractivity (Wildman–Crippen MR) is 90.9 cm³/mol. The van der Waals surface area contributed by atoms with Crippen molar-refractivity contribution in [3.8, 4) is 11.4 Å². The fourth-order valence-corrected chi connectivity index (χ4v) is 3.39. The average Bonchev–Trinajstić information content (AvgIpc) is 3.04. The van der Waals surface area contributed by atoms with Gasteiger partial charge in [-0.15, -0.1) is 5.10 Å². The topological polar surface area (TPSA) is 66.0 Å². The van der Waals surface area contributed by atoms with E-state index in [1.165, 1.54) is 37.8 Å². The Hall–Kier alpha value is -1.88. The first kappa shape index (κ1) is 16.0. The van der Waals surface area contributed by atoms with Crippen LogP contribution in [-0.2, 0) is 6.54 Å². The highest BCUT2D eigenvalue weighted by Gasteiger charge is 2.25. The van der Waals surface area contributed by atoms with Gasteiger partial charge in [0.25, 0.3) is 0 Å². The molecule has 1 aromatic heterocycles. The van der Waals surface area contributed by atoms with Gasteiger partial charge in [0.1, 0.15) is 17.1 Å². The zero-order valence-corrected chi connectivity index (χ0v) is 13.9. The minimum Gasteiger partial charge on any atom is -0.491 e. The summed E-state index contributed by atoms with van der Waals surface area (Å²) >= 11 is 0. The minimum absolute atomic E-state index is 0.434. The monoisotopic (exact) mass is 314 g/mol. The zero-order valence-electron chi connectivity index (χ0n) is 13.9. The molecule has 2 N–H and O–H groups in total. The van der Waals surface area contributed by atoms with Gasteiger partial charge < -0.3 is 10.5 Å². The molecule has 5 nitrogen and oxygen atoms in total. The van der Waals surface area contributed by atoms with Crippen molar-refractivity contribution in [1.82, 2.24) is 15.0 Å². The van der Waals surface area contributed by atoms with E-state index in [0.717, 1.165) is 23.6 Å². The maximum Gasteiger partial charge on any atom is 0.145 e. The van der Waals surface area contributed by atoms with E-state index >= 15 is 0 Å². The van der Waals surface area contributed by atoms with Crippen LogP contribution in [0.1, 0.15) is 62.8 Å². The first-order valence-corrected chi connectivity index (χ1v) is 8.72. The smallest absolute Gasteiger partial charge is 0.145 e. The number of para-hydroxylation sites is 2. The van der Waals surface area contributed by atoms with Gasteiger partial charge in [0.05, 0.1) is 12.3 Å². The first-order valence-electron chi connectivity index (χ1n) is 8.72. The van der Waals surface area contributed by atoms with Crippen LogP contribution in [0.25, 0.3) is 5.69 Å². The largest absolute Gasteiger partial charge is 0.491 e. The van der Waals surface area contributed by atoms with E-state index < -0.39 is 0 Å². The third-order valence-corrected chi connectivity index (χ3v) is 4.52. The van der Waals surface area contributed by atoms with Crippen molar-refractivity contribution in [2.75, 3.05) is 6.61 Å². The fourth-order valence-electron chi connectivity index (χ4n) is 3.39. The zero-order chi connectivity index (χ0) is 16.1. The summed E-state index contributed by atoms with van der Waals surface area (Å²) in [6.45, 7) is 3.25. The molecule has 0 radical (unpaired) electrons. The summed E-state index contributed by atoms with van der Waals surface area (Å²) in [5.74, 6) is 1.36. The Kier molecular flexibility index (Phi) is 5.28. The molecule has 5 heteroatoms. The maximum atomic E-state index is 5.92. The number of hydrogen-bond donors (Lipinski definition) is 1. The summed E-state index contributed by atoms with van der Waals surface area (Å²) in [6, 6.07) is 8.06. The van der Waals surface area contributed by atoms with Crippen LogP contribution in [0.2, 0.25) is 0 Å². The van der Waals surface area contributed by atoms with E-state index in [4.69, 9.17) is 10.5 Å². The summed E-state index contributed by atoms with van der Waals surface area (Å²) in [4.78, 5) is 0. The summed E-state index contributed by atoms with van der Waals surface area (Å²) in [6.07, 6.45) is 7.24. The van der Waals surface area contributed by atoms with Crippen LogP contribution in [0, 0.1) is 0 Å². The van der Waals surface area contributed by atoms with Crippen LogP contribution in [0.3, 0.4) is 0 Å². The van der Waals surface area contributed by atoms with Crippen LogP contribution in [-0.4, -0.2) is 21.6 Å². The number of nitrogens with zero attached hydrogens (tertiary/aromatic N) is 3. The molecule has 3 rings (SSSR count). The molecule has 1 fully saturated rings. The lowest BCUT2D eigenvalue weighted by atomic mass is 9.86. The molecule has 0 aliphatic heterocycles. The van der Waals surface area contributed by atoms with Gasteiger partial charge in [-0.1, -0.05) is 43.5 Å². The third-order valence-electron chi connectivity index (χ3n) is 4.52. The molecule has 1 aromatic carbocycles. The molecule has 0 unspecified atom stereocenters. The van der Waals surface area contributed by atoms with Crippen molar-refractivity contribution in [2.24, 2.45) is 5.73 Å². The van der Waals surface area contributed by atoms with E-state index in [0.29, 0.717) is 19.1 Å². The molecule has 0 bridgehead atoms. The van der Waals surface area contributed by atoms with Crippen LogP contribution >= 0.6 is 0 Å². The van der Waals surface area contributed by atoms with Crippen molar-refractivity contribution in [1.29, 1.82) is 0 Å². The SMILES string of the molecule is CCCOc1ccccc1-n1nnc(CN)c1C1CCCCC1. The van der Waals surface area contributed by atoms with Crippen molar-refractivity contribution in [3.63, 3.8) is 0 Å². The molecule has 23 heavy (non-hydrogen) atoms. The van der Waals surface area contributed by atoms with Crippen molar-refractivity contribution in [3.05, 3.63) is 35.7 Å². The second-order valence-corrected chi connectivity index (χ2v) is 6.19. The van der Waals surface area contributed by atoms with Crippen molar-refractivity contribution in [2.45, 2.75) is 57.9 Å². The summed E-state index contributed by atoms with van der Waals surface area (Å²) in [5.41, 5.74) is 8.99. The van der Waals surface area contributed by atoms with Gasteiger partial charge in [-0.05, 0) is 31.4 Å². The summed E-state index contributed by atoms with van der Waals surface area (Å²) in [7, 11) is 0. The summed E-state index contributed by atoms with van der Waals surface area (Å²) < 4.78 is 7.87. The number of ether oxygens (including phenoxy) is 1. The van der Waals surface area contributed by atoms with Crippen molar-refractivity contribution >= 4 is 0 Å².